The molecule has 0 fully saturated rings. The molecule has 0 saturated heterocycles. The molecule has 2 aromatic carbocycles. The van der Waals surface area contributed by atoms with E-state index in [1.807, 2.05) is 12.1 Å². The van der Waals surface area contributed by atoms with Gasteiger partial charge in [0.15, 0.2) is 0 Å². The van der Waals surface area contributed by atoms with Crippen molar-refractivity contribution < 1.29 is 8.78 Å². The normalized spacial score (nSPS) is 10.5. The number of nitrogens with zero attached hydrogens (tertiary/aromatic N) is 4. The Morgan fingerprint density at radius 1 is 0.667 bits per heavy atom. The number of rotatable bonds is 7. The molecule has 2 heterocycles. The van der Waals surface area contributed by atoms with Crippen LogP contribution in [0, 0.1) is 11.6 Å². The van der Waals surface area contributed by atoms with Gasteiger partial charge in [0.25, 0.3) is 0 Å². The predicted molar refractivity (Wildman–Crippen MR) is 111 cm³/mol. The first-order valence-corrected chi connectivity index (χ1v) is 9.08. The molecule has 4 rings (SSSR count). The fourth-order valence-corrected chi connectivity index (χ4v) is 2.58. The van der Waals surface area contributed by atoms with Crippen molar-refractivity contribution in [2.24, 2.45) is 0 Å². The Kier molecular flexibility index (Phi) is 5.70. The Labute approximate surface area is 171 Å². The topological polar surface area (TPSA) is 87.7 Å². The molecule has 0 aliphatic rings. The summed E-state index contributed by atoms with van der Waals surface area (Å²) in [6, 6.07) is 15.4. The number of anilines is 5. The van der Waals surface area contributed by atoms with Crippen molar-refractivity contribution in [2.45, 2.75) is 6.54 Å². The van der Waals surface area contributed by atoms with Gasteiger partial charge < -0.3 is 16.0 Å². The molecule has 0 radical (unpaired) electrons. The third-order valence-corrected chi connectivity index (χ3v) is 4.01. The van der Waals surface area contributed by atoms with Crippen molar-refractivity contribution in [1.29, 1.82) is 0 Å². The van der Waals surface area contributed by atoms with Crippen LogP contribution in [0.2, 0.25) is 0 Å². The summed E-state index contributed by atoms with van der Waals surface area (Å²) < 4.78 is 26.3. The summed E-state index contributed by atoms with van der Waals surface area (Å²) in [6.07, 6.45) is 3.44. The Bertz CT molecular complexity index is 1040. The second kappa shape index (κ2) is 8.91. The standard InChI is InChI=1S/C21H17F2N7/c22-15-3-7-17(8-4-15)26-20-28-19(25-13-14-2-1-11-24-12-14)29-21(30-20)27-18-9-5-16(23)6-10-18/h1-12H,13H2,(H3,25,26,27,28,29,30). The van der Waals surface area contributed by atoms with Crippen LogP contribution < -0.4 is 16.0 Å². The van der Waals surface area contributed by atoms with Gasteiger partial charge in [-0.3, -0.25) is 4.98 Å². The molecule has 9 heteroatoms. The highest BCUT2D eigenvalue weighted by molar-refractivity contribution is 5.59. The molecule has 0 spiro atoms. The monoisotopic (exact) mass is 405 g/mol. The lowest BCUT2D eigenvalue weighted by Gasteiger charge is -2.11. The highest BCUT2D eigenvalue weighted by Crippen LogP contribution is 2.19. The van der Waals surface area contributed by atoms with E-state index in [9.17, 15) is 8.78 Å². The van der Waals surface area contributed by atoms with Crippen molar-refractivity contribution in [3.05, 3.63) is 90.3 Å². The number of halogens is 2. The molecule has 30 heavy (non-hydrogen) atoms. The van der Waals surface area contributed by atoms with E-state index in [0.29, 0.717) is 23.9 Å². The van der Waals surface area contributed by atoms with Crippen LogP contribution in [0.1, 0.15) is 5.56 Å². The zero-order chi connectivity index (χ0) is 20.8. The second-order valence-corrected chi connectivity index (χ2v) is 6.28. The van der Waals surface area contributed by atoms with Crippen LogP contribution in [-0.4, -0.2) is 19.9 Å². The zero-order valence-electron chi connectivity index (χ0n) is 15.7. The molecule has 0 saturated carbocycles. The van der Waals surface area contributed by atoms with E-state index in [1.54, 1.807) is 36.7 Å². The number of aromatic nitrogens is 4. The number of hydrogen-bond acceptors (Lipinski definition) is 7. The molecule has 2 aromatic heterocycles. The van der Waals surface area contributed by atoms with E-state index in [1.165, 1.54) is 24.3 Å². The second-order valence-electron chi connectivity index (χ2n) is 6.28. The summed E-state index contributed by atoms with van der Waals surface area (Å²) in [5.41, 5.74) is 2.20. The Hall–Kier alpha value is -4.14. The predicted octanol–water partition coefficient (Wildman–Crippen LogP) is 4.64. The summed E-state index contributed by atoms with van der Waals surface area (Å²) in [7, 11) is 0. The maximum atomic E-state index is 13.2. The van der Waals surface area contributed by atoms with E-state index in [0.717, 1.165) is 5.56 Å². The molecule has 3 N–H and O–H groups in total. The minimum Gasteiger partial charge on any atom is -0.350 e. The lowest BCUT2D eigenvalue weighted by atomic mass is 10.3. The summed E-state index contributed by atoms with van der Waals surface area (Å²) in [5, 5.41) is 9.18. The number of nitrogens with one attached hydrogen (secondary N) is 3. The maximum absolute atomic E-state index is 13.2. The molecule has 0 aliphatic heterocycles. The number of benzene rings is 2. The summed E-state index contributed by atoms with van der Waals surface area (Å²) in [4.78, 5) is 17.1. The molecular weight excluding hydrogens is 388 g/mol. The summed E-state index contributed by atoms with van der Waals surface area (Å²) in [5.74, 6) is 0.162. The lowest BCUT2D eigenvalue weighted by Crippen LogP contribution is -2.09. The molecule has 0 aliphatic carbocycles. The van der Waals surface area contributed by atoms with E-state index in [-0.39, 0.29) is 23.5 Å². The van der Waals surface area contributed by atoms with E-state index < -0.39 is 0 Å². The number of hydrogen-bond donors (Lipinski definition) is 3. The van der Waals surface area contributed by atoms with Crippen LogP contribution in [0.3, 0.4) is 0 Å². The third-order valence-electron chi connectivity index (χ3n) is 4.01. The highest BCUT2D eigenvalue weighted by Gasteiger charge is 2.08. The Morgan fingerprint density at radius 2 is 1.20 bits per heavy atom. The minimum atomic E-state index is -0.339. The van der Waals surface area contributed by atoms with Gasteiger partial charge in [0.2, 0.25) is 17.8 Å². The van der Waals surface area contributed by atoms with Crippen molar-refractivity contribution in [3.8, 4) is 0 Å². The van der Waals surface area contributed by atoms with Gasteiger partial charge in [-0.15, -0.1) is 0 Å². The summed E-state index contributed by atoms with van der Waals surface area (Å²) in [6.45, 7) is 0.462. The van der Waals surface area contributed by atoms with Gasteiger partial charge >= 0.3 is 0 Å². The van der Waals surface area contributed by atoms with Gasteiger partial charge in [0, 0.05) is 30.3 Å². The van der Waals surface area contributed by atoms with Crippen LogP contribution in [-0.2, 0) is 6.54 Å². The van der Waals surface area contributed by atoms with Crippen LogP contribution in [0.15, 0.2) is 73.1 Å². The van der Waals surface area contributed by atoms with Crippen LogP contribution in [0.4, 0.5) is 38.0 Å². The van der Waals surface area contributed by atoms with Gasteiger partial charge in [0.1, 0.15) is 11.6 Å². The lowest BCUT2D eigenvalue weighted by molar-refractivity contribution is 0.627. The first-order valence-electron chi connectivity index (χ1n) is 9.08. The molecule has 7 nitrogen and oxygen atoms in total. The molecule has 0 unspecified atom stereocenters. The summed E-state index contributed by atoms with van der Waals surface area (Å²) >= 11 is 0. The average Bonchev–Trinajstić information content (AvgIpc) is 2.76. The van der Waals surface area contributed by atoms with E-state index in [4.69, 9.17) is 0 Å². The van der Waals surface area contributed by atoms with Crippen LogP contribution in [0.25, 0.3) is 0 Å². The molecule has 0 atom stereocenters. The molecular formula is C21H17F2N7. The molecule has 0 bridgehead atoms. The van der Waals surface area contributed by atoms with Gasteiger partial charge in [-0.1, -0.05) is 6.07 Å². The van der Waals surface area contributed by atoms with Crippen molar-refractivity contribution in [3.63, 3.8) is 0 Å². The maximum Gasteiger partial charge on any atom is 0.233 e. The van der Waals surface area contributed by atoms with Crippen molar-refractivity contribution >= 4 is 29.2 Å². The Balaban J connectivity index is 1.58. The first kappa shape index (κ1) is 19.2. The van der Waals surface area contributed by atoms with E-state index in [2.05, 4.69) is 35.9 Å². The van der Waals surface area contributed by atoms with Gasteiger partial charge in [0.05, 0.1) is 0 Å². The van der Waals surface area contributed by atoms with Crippen molar-refractivity contribution in [2.75, 3.05) is 16.0 Å². The Morgan fingerprint density at radius 3 is 1.70 bits per heavy atom. The molecule has 4 aromatic rings. The molecule has 150 valence electrons. The van der Waals surface area contributed by atoms with E-state index >= 15 is 0 Å². The zero-order valence-corrected chi connectivity index (χ0v) is 15.7. The SMILES string of the molecule is Fc1ccc(Nc2nc(NCc3cccnc3)nc(Nc3ccc(F)cc3)n2)cc1. The fraction of sp³-hybridized carbons (Fsp3) is 0.0476. The quantitative estimate of drug-likeness (QED) is 0.413. The largest absolute Gasteiger partial charge is 0.350 e. The van der Waals surface area contributed by atoms with Gasteiger partial charge in [-0.2, -0.15) is 15.0 Å². The number of pyridine rings is 1. The van der Waals surface area contributed by atoms with Crippen LogP contribution in [0.5, 0.6) is 0 Å². The highest BCUT2D eigenvalue weighted by atomic mass is 19.1. The smallest absolute Gasteiger partial charge is 0.233 e. The van der Waals surface area contributed by atoms with Gasteiger partial charge in [-0.25, -0.2) is 8.78 Å². The van der Waals surface area contributed by atoms with Crippen LogP contribution >= 0.6 is 0 Å². The molecule has 0 amide bonds. The fourth-order valence-electron chi connectivity index (χ4n) is 2.58. The first-order chi connectivity index (χ1) is 14.6. The average molecular weight is 405 g/mol. The van der Waals surface area contributed by atoms with Gasteiger partial charge in [-0.05, 0) is 60.2 Å². The van der Waals surface area contributed by atoms with Crippen molar-refractivity contribution in [1.82, 2.24) is 19.9 Å². The third kappa shape index (κ3) is 5.22. The minimum absolute atomic E-state index is 0.259.